The van der Waals surface area contributed by atoms with Gasteiger partial charge in [0.2, 0.25) is 11.8 Å². The van der Waals surface area contributed by atoms with Crippen LogP contribution in [0, 0.1) is 5.92 Å². The SMILES string of the molecule is CCNCC(=O)Nc1cccc(NC(=O)C(C)C)c1. The van der Waals surface area contributed by atoms with Crippen LogP contribution in [0.5, 0.6) is 0 Å². The molecule has 0 aliphatic heterocycles. The van der Waals surface area contributed by atoms with Crippen LogP contribution in [0.3, 0.4) is 0 Å². The summed E-state index contributed by atoms with van der Waals surface area (Å²) in [6.07, 6.45) is 0. The van der Waals surface area contributed by atoms with Crippen molar-refractivity contribution < 1.29 is 9.59 Å². The van der Waals surface area contributed by atoms with Crippen LogP contribution in [0.4, 0.5) is 11.4 Å². The number of rotatable bonds is 6. The predicted molar refractivity (Wildman–Crippen MR) is 77.1 cm³/mol. The molecule has 1 aromatic rings. The first-order valence-electron chi connectivity index (χ1n) is 6.44. The Hall–Kier alpha value is -1.88. The summed E-state index contributed by atoms with van der Waals surface area (Å²) in [6.45, 7) is 6.63. The molecule has 0 spiro atoms. The molecule has 0 atom stereocenters. The van der Waals surface area contributed by atoms with E-state index >= 15 is 0 Å². The lowest BCUT2D eigenvalue weighted by atomic mass is 10.2. The second-order valence-corrected chi connectivity index (χ2v) is 4.55. The third-order valence-corrected chi connectivity index (χ3v) is 2.47. The zero-order valence-electron chi connectivity index (χ0n) is 11.6. The second kappa shape index (κ2) is 7.53. The minimum atomic E-state index is -0.103. The minimum absolute atomic E-state index is 0.0453. The molecule has 1 aromatic carbocycles. The molecule has 3 N–H and O–H groups in total. The van der Waals surface area contributed by atoms with Gasteiger partial charge in [-0.3, -0.25) is 9.59 Å². The Morgan fingerprint density at radius 3 is 2.37 bits per heavy atom. The Morgan fingerprint density at radius 1 is 1.16 bits per heavy atom. The average Bonchev–Trinajstić information content (AvgIpc) is 2.36. The predicted octanol–water partition coefficient (Wildman–Crippen LogP) is 1.83. The molecule has 104 valence electrons. The first-order chi connectivity index (χ1) is 9.02. The normalized spacial score (nSPS) is 10.3. The molecule has 0 aliphatic carbocycles. The Labute approximate surface area is 113 Å². The number of benzene rings is 1. The molecule has 1 rings (SSSR count). The van der Waals surface area contributed by atoms with Crippen molar-refractivity contribution in [2.24, 2.45) is 5.92 Å². The fourth-order valence-electron chi connectivity index (χ4n) is 1.41. The highest BCUT2D eigenvalue weighted by atomic mass is 16.2. The fraction of sp³-hybridized carbons (Fsp3) is 0.429. The summed E-state index contributed by atoms with van der Waals surface area (Å²) in [7, 11) is 0. The molecule has 0 unspecified atom stereocenters. The molecule has 0 aromatic heterocycles. The zero-order chi connectivity index (χ0) is 14.3. The second-order valence-electron chi connectivity index (χ2n) is 4.55. The van der Waals surface area contributed by atoms with Crippen molar-refractivity contribution in [3.63, 3.8) is 0 Å². The molecule has 0 saturated heterocycles. The van der Waals surface area contributed by atoms with Gasteiger partial charge in [0.15, 0.2) is 0 Å². The summed E-state index contributed by atoms with van der Waals surface area (Å²) in [6, 6.07) is 7.11. The van der Waals surface area contributed by atoms with Gasteiger partial charge >= 0.3 is 0 Å². The van der Waals surface area contributed by atoms with Crippen LogP contribution >= 0.6 is 0 Å². The summed E-state index contributed by atoms with van der Waals surface area (Å²) in [5.74, 6) is -0.225. The Balaban J connectivity index is 2.61. The Kier molecular flexibility index (Phi) is 6.02. The van der Waals surface area contributed by atoms with Gasteiger partial charge in [-0.25, -0.2) is 0 Å². The quantitative estimate of drug-likeness (QED) is 0.733. The first kappa shape index (κ1) is 15.2. The van der Waals surface area contributed by atoms with Crippen molar-refractivity contribution >= 4 is 23.2 Å². The van der Waals surface area contributed by atoms with Crippen molar-refractivity contribution in [3.8, 4) is 0 Å². The lowest BCUT2D eigenvalue weighted by Gasteiger charge is -2.10. The van der Waals surface area contributed by atoms with Gasteiger partial charge in [0, 0.05) is 17.3 Å². The molecular weight excluding hydrogens is 242 g/mol. The minimum Gasteiger partial charge on any atom is -0.326 e. The van der Waals surface area contributed by atoms with Gasteiger partial charge in [-0.15, -0.1) is 0 Å². The maximum Gasteiger partial charge on any atom is 0.238 e. The number of anilines is 2. The van der Waals surface area contributed by atoms with Crippen LogP contribution in [-0.2, 0) is 9.59 Å². The molecule has 0 heterocycles. The van der Waals surface area contributed by atoms with E-state index in [1.807, 2.05) is 20.8 Å². The van der Waals surface area contributed by atoms with Gasteiger partial charge < -0.3 is 16.0 Å². The van der Waals surface area contributed by atoms with E-state index in [-0.39, 0.29) is 24.3 Å². The van der Waals surface area contributed by atoms with Gasteiger partial charge in [0.05, 0.1) is 6.54 Å². The van der Waals surface area contributed by atoms with Gasteiger partial charge in [-0.1, -0.05) is 26.8 Å². The van der Waals surface area contributed by atoms with Crippen LogP contribution in [-0.4, -0.2) is 24.9 Å². The number of amides is 2. The van der Waals surface area contributed by atoms with E-state index in [4.69, 9.17) is 0 Å². The molecule has 0 bridgehead atoms. The van der Waals surface area contributed by atoms with Crippen LogP contribution < -0.4 is 16.0 Å². The molecule has 5 heteroatoms. The van der Waals surface area contributed by atoms with E-state index in [9.17, 15) is 9.59 Å². The standard InChI is InChI=1S/C14H21N3O2/c1-4-15-9-13(18)16-11-6-5-7-12(8-11)17-14(19)10(2)3/h5-8,10,15H,4,9H2,1-3H3,(H,16,18)(H,17,19). The number of hydrogen-bond donors (Lipinski definition) is 3. The van der Waals surface area contributed by atoms with Crippen LogP contribution in [0.2, 0.25) is 0 Å². The molecule has 0 radical (unpaired) electrons. The van der Waals surface area contributed by atoms with Crippen molar-refractivity contribution in [2.45, 2.75) is 20.8 Å². The highest BCUT2D eigenvalue weighted by Crippen LogP contribution is 2.15. The van der Waals surface area contributed by atoms with Gasteiger partial charge in [0.1, 0.15) is 0 Å². The fourth-order valence-corrected chi connectivity index (χ4v) is 1.41. The highest BCUT2D eigenvalue weighted by Gasteiger charge is 2.07. The lowest BCUT2D eigenvalue weighted by Crippen LogP contribution is -2.27. The summed E-state index contributed by atoms with van der Waals surface area (Å²) < 4.78 is 0. The van der Waals surface area contributed by atoms with Crippen molar-refractivity contribution in [1.82, 2.24) is 5.32 Å². The summed E-state index contributed by atoms with van der Waals surface area (Å²) >= 11 is 0. The number of carbonyl (C=O) groups excluding carboxylic acids is 2. The van der Waals surface area contributed by atoms with E-state index in [2.05, 4.69) is 16.0 Å². The average molecular weight is 263 g/mol. The molecule has 0 fully saturated rings. The monoisotopic (exact) mass is 263 g/mol. The molecule has 0 aliphatic rings. The van der Waals surface area contributed by atoms with E-state index in [0.29, 0.717) is 11.4 Å². The maximum atomic E-state index is 11.6. The summed E-state index contributed by atoms with van der Waals surface area (Å²) in [4.78, 5) is 23.1. The first-order valence-corrected chi connectivity index (χ1v) is 6.44. The van der Waals surface area contributed by atoms with Gasteiger partial charge in [-0.2, -0.15) is 0 Å². The van der Waals surface area contributed by atoms with Crippen molar-refractivity contribution in [2.75, 3.05) is 23.7 Å². The lowest BCUT2D eigenvalue weighted by molar-refractivity contribution is -0.119. The largest absolute Gasteiger partial charge is 0.326 e. The van der Waals surface area contributed by atoms with Crippen molar-refractivity contribution in [1.29, 1.82) is 0 Å². The van der Waals surface area contributed by atoms with Gasteiger partial charge in [0.25, 0.3) is 0 Å². The highest BCUT2D eigenvalue weighted by molar-refractivity contribution is 5.95. The smallest absolute Gasteiger partial charge is 0.238 e. The maximum absolute atomic E-state index is 11.6. The third kappa shape index (κ3) is 5.52. The van der Waals surface area contributed by atoms with Crippen LogP contribution in [0.15, 0.2) is 24.3 Å². The Bertz CT molecular complexity index is 444. The van der Waals surface area contributed by atoms with Crippen LogP contribution in [0.25, 0.3) is 0 Å². The van der Waals surface area contributed by atoms with Gasteiger partial charge in [-0.05, 0) is 24.7 Å². The zero-order valence-corrected chi connectivity index (χ0v) is 11.6. The molecule has 2 amide bonds. The van der Waals surface area contributed by atoms with E-state index < -0.39 is 0 Å². The molecule has 19 heavy (non-hydrogen) atoms. The van der Waals surface area contributed by atoms with E-state index in [1.54, 1.807) is 24.3 Å². The summed E-state index contributed by atoms with van der Waals surface area (Å²) in [5.41, 5.74) is 1.35. The molecule has 5 nitrogen and oxygen atoms in total. The molecular formula is C14H21N3O2. The van der Waals surface area contributed by atoms with Crippen molar-refractivity contribution in [3.05, 3.63) is 24.3 Å². The Morgan fingerprint density at radius 2 is 1.79 bits per heavy atom. The number of hydrogen-bond acceptors (Lipinski definition) is 3. The third-order valence-electron chi connectivity index (χ3n) is 2.47. The topological polar surface area (TPSA) is 70.2 Å². The number of nitrogens with one attached hydrogen (secondary N) is 3. The summed E-state index contributed by atoms with van der Waals surface area (Å²) in [5, 5.41) is 8.51. The number of likely N-dealkylation sites (N-methyl/N-ethyl adjacent to an activating group) is 1. The van der Waals surface area contributed by atoms with Crippen LogP contribution in [0.1, 0.15) is 20.8 Å². The van der Waals surface area contributed by atoms with E-state index in [1.165, 1.54) is 0 Å². The molecule has 0 saturated carbocycles. The van der Waals surface area contributed by atoms with E-state index in [0.717, 1.165) is 6.54 Å². The number of carbonyl (C=O) groups is 2.